The second-order valence-corrected chi connectivity index (χ2v) is 8.16. The second kappa shape index (κ2) is 8.31. The Hall–Kier alpha value is -4.32. The Morgan fingerprint density at radius 2 is 2.06 bits per heavy atom. The van der Waals surface area contributed by atoms with Crippen LogP contribution in [0, 0.1) is 24.2 Å². The number of nitriles is 1. The van der Waals surface area contributed by atoms with E-state index in [1.54, 1.807) is 12.4 Å². The van der Waals surface area contributed by atoms with Crippen molar-refractivity contribution in [1.82, 2.24) is 24.7 Å². The van der Waals surface area contributed by atoms with Gasteiger partial charge in [-0.05, 0) is 62.7 Å². The quantitative estimate of drug-likeness (QED) is 0.468. The number of hydrogen-bond acceptors (Lipinski definition) is 8. The summed E-state index contributed by atoms with van der Waals surface area (Å²) in [4.78, 5) is 23.6. The number of nitrogens with zero attached hydrogens (tertiary/aromatic N) is 7. The number of ketones is 1. The number of imidazole rings is 1. The number of aromatic nitrogens is 5. The van der Waals surface area contributed by atoms with E-state index in [1.807, 2.05) is 52.8 Å². The van der Waals surface area contributed by atoms with Crippen molar-refractivity contribution in [2.75, 3.05) is 23.3 Å². The Bertz CT molecular complexity index is 1390. The van der Waals surface area contributed by atoms with Crippen molar-refractivity contribution in [3.8, 4) is 11.9 Å². The monoisotopic (exact) mass is 438 g/mol. The third kappa shape index (κ3) is 3.99. The predicted molar refractivity (Wildman–Crippen MR) is 125 cm³/mol. The van der Waals surface area contributed by atoms with Crippen molar-refractivity contribution in [2.24, 2.45) is 5.92 Å². The van der Waals surface area contributed by atoms with Crippen molar-refractivity contribution in [1.29, 1.82) is 5.26 Å². The molecule has 9 nitrogen and oxygen atoms in total. The Morgan fingerprint density at radius 1 is 1.18 bits per heavy atom. The van der Waals surface area contributed by atoms with Crippen LogP contribution in [0.3, 0.4) is 0 Å². The number of anilines is 3. The lowest BCUT2D eigenvalue weighted by Gasteiger charge is -2.20. The van der Waals surface area contributed by atoms with Crippen LogP contribution in [-0.2, 0) is 0 Å². The molecule has 0 bridgehead atoms. The van der Waals surface area contributed by atoms with Gasteiger partial charge < -0.3 is 10.2 Å². The van der Waals surface area contributed by atoms with Gasteiger partial charge in [0.15, 0.2) is 11.6 Å². The van der Waals surface area contributed by atoms with Crippen molar-refractivity contribution in [3.63, 3.8) is 0 Å². The van der Waals surface area contributed by atoms with Gasteiger partial charge in [0, 0.05) is 18.8 Å². The molecule has 0 saturated carbocycles. The molecule has 4 heterocycles. The minimum atomic E-state index is -0.0529. The molecule has 1 atom stereocenters. The smallest absolute Gasteiger partial charge is 0.163 e. The van der Waals surface area contributed by atoms with E-state index in [0.717, 1.165) is 28.8 Å². The first-order valence-corrected chi connectivity index (χ1v) is 10.7. The summed E-state index contributed by atoms with van der Waals surface area (Å²) in [5, 5.41) is 20.8. The molecule has 1 saturated heterocycles. The maximum Gasteiger partial charge on any atom is 0.163 e. The lowest BCUT2D eigenvalue weighted by atomic mass is 10.1. The number of carbonyl (C=O) groups is 1. The number of hydrogen-bond donors (Lipinski definition) is 1. The van der Waals surface area contributed by atoms with Crippen molar-refractivity contribution >= 4 is 34.1 Å². The fraction of sp³-hybridized carbons (Fsp3) is 0.250. The van der Waals surface area contributed by atoms with Crippen molar-refractivity contribution in [2.45, 2.75) is 20.3 Å². The summed E-state index contributed by atoms with van der Waals surface area (Å²) >= 11 is 0. The summed E-state index contributed by atoms with van der Waals surface area (Å²) in [7, 11) is 0. The lowest BCUT2D eigenvalue weighted by Crippen LogP contribution is -2.23. The number of Topliss-reactive ketones (excluding diaryl/α,β-unsaturated/α-hetero) is 1. The molecule has 3 aromatic heterocycles. The average Bonchev–Trinajstić information content (AvgIpc) is 3.47. The first-order chi connectivity index (χ1) is 16.0. The predicted octanol–water partition coefficient (Wildman–Crippen LogP) is 3.82. The van der Waals surface area contributed by atoms with Crippen LogP contribution in [0.25, 0.3) is 16.9 Å². The van der Waals surface area contributed by atoms with Crippen LogP contribution in [0.4, 0.5) is 17.3 Å². The molecule has 1 fully saturated rings. The molecule has 1 unspecified atom stereocenters. The minimum absolute atomic E-state index is 0.0503. The number of pyridine rings is 1. The van der Waals surface area contributed by atoms with E-state index in [-0.39, 0.29) is 11.7 Å². The molecule has 5 rings (SSSR count). The highest BCUT2D eigenvalue weighted by Crippen LogP contribution is 2.29. The number of rotatable bonds is 5. The lowest BCUT2D eigenvalue weighted by molar-refractivity contribution is 0.101. The maximum atomic E-state index is 12.3. The fourth-order valence-electron chi connectivity index (χ4n) is 4.03. The first kappa shape index (κ1) is 20.6. The molecule has 1 aliphatic rings. The van der Waals surface area contributed by atoms with Crippen molar-refractivity contribution < 1.29 is 4.79 Å². The Morgan fingerprint density at radius 3 is 2.79 bits per heavy atom. The molecule has 0 radical (unpaired) electrons. The van der Waals surface area contributed by atoms with E-state index < -0.39 is 0 Å². The van der Waals surface area contributed by atoms with E-state index in [2.05, 4.69) is 26.6 Å². The highest BCUT2D eigenvalue weighted by atomic mass is 16.1. The van der Waals surface area contributed by atoms with E-state index in [1.165, 1.54) is 6.92 Å². The Labute approximate surface area is 190 Å². The third-order valence-electron chi connectivity index (χ3n) is 5.77. The minimum Gasteiger partial charge on any atom is -0.355 e. The number of fused-ring (bicyclic) bond motifs is 1. The normalized spacial score (nSPS) is 15.5. The van der Waals surface area contributed by atoms with E-state index in [0.29, 0.717) is 36.1 Å². The molecule has 0 amide bonds. The van der Waals surface area contributed by atoms with Gasteiger partial charge in [-0.2, -0.15) is 10.4 Å². The highest BCUT2D eigenvalue weighted by Gasteiger charge is 2.26. The summed E-state index contributed by atoms with van der Waals surface area (Å²) in [6, 6.07) is 15.6. The highest BCUT2D eigenvalue weighted by molar-refractivity contribution is 5.99. The van der Waals surface area contributed by atoms with Crippen LogP contribution in [0.15, 0.2) is 48.8 Å². The molecule has 1 aliphatic heterocycles. The summed E-state index contributed by atoms with van der Waals surface area (Å²) in [5.41, 5.74) is 3.94. The summed E-state index contributed by atoms with van der Waals surface area (Å²) in [6.07, 6.45) is 2.49. The van der Waals surface area contributed by atoms with Gasteiger partial charge >= 0.3 is 0 Å². The summed E-state index contributed by atoms with van der Waals surface area (Å²) in [6.45, 7) is 4.70. The topological polar surface area (TPSA) is 113 Å². The standard InChI is InChI=1S/C24H22N8O/c1-15-3-7-22(30-29-15)27-18-4-6-20-21(11-18)32(14-26-20)23-8-5-19(16(2)33)24(28-23)31-10-9-17(12-25)13-31/h3-8,11,14,17H,9-10,13H2,1-2H3,(H,27,30). The number of benzene rings is 1. The third-order valence-corrected chi connectivity index (χ3v) is 5.77. The van der Waals surface area contributed by atoms with Gasteiger partial charge in [-0.3, -0.25) is 9.36 Å². The number of nitrogens with one attached hydrogen (secondary N) is 1. The van der Waals surface area contributed by atoms with Crippen LogP contribution in [-0.4, -0.2) is 43.6 Å². The van der Waals surface area contributed by atoms with Crippen LogP contribution < -0.4 is 10.2 Å². The van der Waals surface area contributed by atoms with E-state index in [4.69, 9.17) is 4.98 Å². The molecule has 1 N–H and O–H groups in total. The van der Waals surface area contributed by atoms with E-state index in [9.17, 15) is 10.1 Å². The Balaban J connectivity index is 1.53. The van der Waals surface area contributed by atoms with Gasteiger partial charge in [-0.25, -0.2) is 9.97 Å². The van der Waals surface area contributed by atoms with Crippen molar-refractivity contribution in [3.05, 3.63) is 60.0 Å². The van der Waals surface area contributed by atoms with Crippen LogP contribution >= 0.6 is 0 Å². The molecule has 4 aromatic rings. The zero-order chi connectivity index (χ0) is 22.9. The molecular weight excluding hydrogens is 416 g/mol. The Kier molecular flexibility index (Phi) is 5.18. The molecular formula is C24H22N8O. The average molecular weight is 438 g/mol. The molecule has 1 aromatic carbocycles. The number of aryl methyl sites for hydroxylation is 1. The van der Waals surface area contributed by atoms with E-state index >= 15 is 0 Å². The molecule has 0 spiro atoms. The summed E-state index contributed by atoms with van der Waals surface area (Å²) < 4.78 is 1.90. The van der Waals surface area contributed by atoms with Gasteiger partial charge in [0.25, 0.3) is 0 Å². The molecule has 164 valence electrons. The van der Waals surface area contributed by atoms with Gasteiger partial charge in [-0.1, -0.05) is 0 Å². The fourth-order valence-corrected chi connectivity index (χ4v) is 4.03. The van der Waals surface area contributed by atoms with Crippen LogP contribution in [0.5, 0.6) is 0 Å². The molecule has 0 aliphatic carbocycles. The van der Waals surface area contributed by atoms with Crippen LogP contribution in [0.1, 0.15) is 29.4 Å². The summed E-state index contributed by atoms with van der Waals surface area (Å²) in [5.74, 6) is 1.82. The zero-order valence-electron chi connectivity index (χ0n) is 18.4. The van der Waals surface area contributed by atoms with Gasteiger partial charge in [-0.15, -0.1) is 5.10 Å². The molecule has 33 heavy (non-hydrogen) atoms. The maximum absolute atomic E-state index is 12.3. The number of carbonyl (C=O) groups excluding carboxylic acids is 1. The van der Waals surface area contributed by atoms with Gasteiger partial charge in [0.1, 0.15) is 18.0 Å². The largest absolute Gasteiger partial charge is 0.355 e. The van der Waals surface area contributed by atoms with Gasteiger partial charge in [0.05, 0.1) is 34.3 Å². The first-order valence-electron chi connectivity index (χ1n) is 10.7. The van der Waals surface area contributed by atoms with Gasteiger partial charge in [0.2, 0.25) is 0 Å². The van der Waals surface area contributed by atoms with Crippen LogP contribution in [0.2, 0.25) is 0 Å². The zero-order valence-corrected chi connectivity index (χ0v) is 18.4. The molecule has 9 heteroatoms. The SMILES string of the molecule is CC(=O)c1ccc(-n2cnc3ccc(Nc4ccc(C)nn4)cc32)nc1N1CCC(C#N)C1. The second-order valence-electron chi connectivity index (χ2n) is 8.16.